The van der Waals surface area contributed by atoms with E-state index in [9.17, 15) is 0 Å². The van der Waals surface area contributed by atoms with E-state index in [1.165, 1.54) is 24.8 Å². The van der Waals surface area contributed by atoms with Gasteiger partial charge in [-0.15, -0.1) is 0 Å². The molecule has 0 aliphatic heterocycles. The van der Waals surface area contributed by atoms with Gasteiger partial charge in [0, 0.05) is 18.4 Å². The molecule has 0 aromatic carbocycles. The topological polar surface area (TPSA) is 24.9 Å². The Labute approximate surface area is 80.4 Å². The first-order valence-electron chi connectivity index (χ1n) is 4.95. The number of rotatable bonds is 5. The lowest BCUT2D eigenvalue weighted by Crippen LogP contribution is -2.16. The Morgan fingerprint density at radius 3 is 2.92 bits per heavy atom. The fourth-order valence-electron chi connectivity index (χ4n) is 1.47. The second-order valence-electron chi connectivity index (χ2n) is 3.27. The van der Waals surface area contributed by atoms with E-state index in [-0.39, 0.29) is 0 Å². The molecule has 0 bridgehead atoms. The van der Waals surface area contributed by atoms with Crippen molar-refractivity contribution in [1.82, 2.24) is 10.3 Å². The molecule has 0 saturated carbocycles. The van der Waals surface area contributed by atoms with Crippen LogP contribution in [0.4, 0.5) is 0 Å². The molecule has 0 spiro atoms. The van der Waals surface area contributed by atoms with Gasteiger partial charge in [-0.3, -0.25) is 4.98 Å². The van der Waals surface area contributed by atoms with Crippen LogP contribution < -0.4 is 5.32 Å². The van der Waals surface area contributed by atoms with Crippen molar-refractivity contribution in [2.45, 2.75) is 32.2 Å². The van der Waals surface area contributed by atoms with Gasteiger partial charge in [0.2, 0.25) is 0 Å². The minimum absolute atomic E-state index is 0.466. The van der Waals surface area contributed by atoms with Gasteiger partial charge in [0.05, 0.1) is 0 Å². The summed E-state index contributed by atoms with van der Waals surface area (Å²) >= 11 is 0. The SMILES string of the molecule is CCCC[C@H](NC)c1cccnc1. The van der Waals surface area contributed by atoms with Gasteiger partial charge in [-0.2, -0.15) is 0 Å². The zero-order valence-electron chi connectivity index (χ0n) is 8.46. The Balaban J connectivity index is 2.56. The molecule has 0 unspecified atom stereocenters. The molecule has 2 nitrogen and oxygen atoms in total. The molecule has 13 heavy (non-hydrogen) atoms. The number of nitrogens with zero attached hydrogens (tertiary/aromatic N) is 1. The summed E-state index contributed by atoms with van der Waals surface area (Å²) in [5.41, 5.74) is 1.29. The molecule has 0 aliphatic rings. The molecular weight excluding hydrogens is 160 g/mol. The van der Waals surface area contributed by atoms with Gasteiger partial charge in [-0.25, -0.2) is 0 Å². The van der Waals surface area contributed by atoms with Gasteiger partial charge in [-0.1, -0.05) is 25.8 Å². The number of nitrogens with one attached hydrogen (secondary N) is 1. The van der Waals surface area contributed by atoms with Crippen molar-refractivity contribution in [2.24, 2.45) is 0 Å². The fraction of sp³-hybridized carbons (Fsp3) is 0.545. The highest BCUT2D eigenvalue weighted by Crippen LogP contribution is 2.17. The lowest BCUT2D eigenvalue weighted by Gasteiger charge is -2.15. The van der Waals surface area contributed by atoms with E-state index < -0.39 is 0 Å². The highest BCUT2D eigenvalue weighted by molar-refractivity contribution is 5.13. The predicted molar refractivity (Wildman–Crippen MR) is 55.6 cm³/mol. The first-order valence-corrected chi connectivity index (χ1v) is 4.95. The monoisotopic (exact) mass is 178 g/mol. The maximum atomic E-state index is 4.12. The molecule has 1 N–H and O–H groups in total. The number of hydrogen-bond acceptors (Lipinski definition) is 2. The van der Waals surface area contributed by atoms with Crippen molar-refractivity contribution in [3.8, 4) is 0 Å². The van der Waals surface area contributed by atoms with E-state index >= 15 is 0 Å². The van der Waals surface area contributed by atoms with Crippen molar-refractivity contribution in [3.63, 3.8) is 0 Å². The van der Waals surface area contributed by atoms with Crippen molar-refractivity contribution < 1.29 is 0 Å². The van der Waals surface area contributed by atoms with Crippen LogP contribution in [-0.4, -0.2) is 12.0 Å². The second-order valence-corrected chi connectivity index (χ2v) is 3.27. The first-order chi connectivity index (χ1) is 6.38. The molecule has 0 amide bonds. The first kappa shape index (κ1) is 10.2. The Morgan fingerprint density at radius 1 is 1.54 bits per heavy atom. The summed E-state index contributed by atoms with van der Waals surface area (Å²) in [4.78, 5) is 4.12. The largest absolute Gasteiger partial charge is 0.313 e. The summed E-state index contributed by atoms with van der Waals surface area (Å²) in [7, 11) is 2.01. The van der Waals surface area contributed by atoms with Crippen LogP contribution in [0.1, 0.15) is 37.8 Å². The summed E-state index contributed by atoms with van der Waals surface area (Å²) in [6, 6.07) is 4.59. The smallest absolute Gasteiger partial charge is 0.0332 e. The molecule has 2 heteroatoms. The van der Waals surface area contributed by atoms with Crippen LogP contribution in [0.5, 0.6) is 0 Å². The van der Waals surface area contributed by atoms with Crippen molar-refractivity contribution in [1.29, 1.82) is 0 Å². The number of aromatic nitrogens is 1. The molecule has 1 heterocycles. The summed E-state index contributed by atoms with van der Waals surface area (Å²) in [5.74, 6) is 0. The Bertz CT molecular complexity index is 221. The Hall–Kier alpha value is -0.890. The van der Waals surface area contributed by atoms with Gasteiger partial charge in [-0.05, 0) is 25.1 Å². The molecule has 0 aliphatic carbocycles. The predicted octanol–water partition coefficient (Wildman–Crippen LogP) is 2.53. The fourth-order valence-corrected chi connectivity index (χ4v) is 1.47. The van der Waals surface area contributed by atoms with E-state index in [4.69, 9.17) is 0 Å². The van der Waals surface area contributed by atoms with Gasteiger partial charge >= 0.3 is 0 Å². The number of unbranched alkanes of at least 4 members (excludes halogenated alkanes) is 1. The molecular formula is C11H18N2. The summed E-state index contributed by atoms with van der Waals surface area (Å²) in [5, 5.41) is 3.31. The molecule has 0 saturated heterocycles. The zero-order chi connectivity index (χ0) is 9.52. The summed E-state index contributed by atoms with van der Waals surface area (Å²) in [6.45, 7) is 2.22. The van der Waals surface area contributed by atoms with Crippen LogP contribution in [-0.2, 0) is 0 Å². The maximum absolute atomic E-state index is 4.12. The van der Waals surface area contributed by atoms with Gasteiger partial charge in [0.15, 0.2) is 0 Å². The molecule has 72 valence electrons. The van der Waals surface area contributed by atoms with Gasteiger partial charge < -0.3 is 5.32 Å². The van der Waals surface area contributed by atoms with Gasteiger partial charge in [0.25, 0.3) is 0 Å². The van der Waals surface area contributed by atoms with Crippen molar-refractivity contribution in [3.05, 3.63) is 30.1 Å². The molecule has 1 aromatic rings. The summed E-state index contributed by atoms with van der Waals surface area (Å²) < 4.78 is 0. The van der Waals surface area contributed by atoms with Crippen LogP contribution in [0.3, 0.4) is 0 Å². The van der Waals surface area contributed by atoms with Gasteiger partial charge in [0.1, 0.15) is 0 Å². The van der Waals surface area contributed by atoms with Crippen molar-refractivity contribution >= 4 is 0 Å². The maximum Gasteiger partial charge on any atom is 0.0332 e. The Morgan fingerprint density at radius 2 is 2.38 bits per heavy atom. The normalized spacial score (nSPS) is 12.8. The third-order valence-electron chi connectivity index (χ3n) is 2.28. The van der Waals surface area contributed by atoms with Crippen molar-refractivity contribution in [2.75, 3.05) is 7.05 Å². The lowest BCUT2D eigenvalue weighted by molar-refractivity contribution is 0.521. The molecule has 0 radical (unpaired) electrons. The van der Waals surface area contributed by atoms with Crippen LogP contribution in [0.15, 0.2) is 24.5 Å². The molecule has 1 atom stereocenters. The highest BCUT2D eigenvalue weighted by atomic mass is 14.9. The molecule has 1 rings (SSSR count). The minimum Gasteiger partial charge on any atom is -0.313 e. The average Bonchev–Trinajstić information content (AvgIpc) is 2.21. The number of pyridine rings is 1. The molecule has 0 fully saturated rings. The third kappa shape index (κ3) is 3.15. The van der Waals surface area contributed by atoms with Crippen LogP contribution in [0, 0.1) is 0 Å². The summed E-state index contributed by atoms with van der Waals surface area (Å²) in [6.07, 6.45) is 7.46. The Kier molecular flexibility index (Phi) is 4.47. The third-order valence-corrected chi connectivity index (χ3v) is 2.28. The average molecular weight is 178 g/mol. The second kappa shape index (κ2) is 5.70. The number of hydrogen-bond donors (Lipinski definition) is 1. The molecule has 1 aromatic heterocycles. The quantitative estimate of drug-likeness (QED) is 0.749. The minimum atomic E-state index is 0.466. The van der Waals surface area contributed by atoms with E-state index in [0.717, 1.165) is 0 Å². The van der Waals surface area contributed by atoms with Crippen LogP contribution in [0.2, 0.25) is 0 Å². The van der Waals surface area contributed by atoms with E-state index in [1.807, 2.05) is 25.5 Å². The lowest BCUT2D eigenvalue weighted by atomic mass is 10.0. The van der Waals surface area contributed by atoms with E-state index in [1.54, 1.807) is 0 Å². The van der Waals surface area contributed by atoms with E-state index in [0.29, 0.717) is 6.04 Å². The van der Waals surface area contributed by atoms with E-state index in [2.05, 4.69) is 23.3 Å². The van der Waals surface area contributed by atoms with Crippen LogP contribution in [0.25, 0.3) is 0 Å². The standard InChI is InChI=1S/C11H18N2/c1-3-4-7-11(12-2)10-6-5-8-13-9-10/h5-6,8-9,11-12H,3-4,7H2,1-2H3/t11-/m0/s1. The highest BCUT2D eigenvalue weighted by Gasteiger charge is 2.06. The van der Waals surface area contributed by atoms with Crippen LogP contribution >= 0.6 is 0 Å². The zero-order valence-corrected chi connectivity index (χ0v) is 8.46.